The van der Waals surface area contributed by atoms with Crippen LogP contribution in [-0.2, 0) is 0 Å². The number of urea groups is 1. The SMILES string of the molecule is O=C(Nc1ccc(N2CCCNC2=O)cc1)c1cccnc1. The first kappa shape index (κ1) is 14.1. The Bertz CT molecular complexity index is 670. The Balaban J connectivity index is 1.69. The van der Waals surface area contributed by atoms with Crippen molar-refractivity contribution in [1.82, 2.24) is 10.3 Å². The Morgan fingerprint density at radius 1 is 1.23 bits per heavy atom. The maximum atomic E-state index is 12.0. The third-order valence-electron chi connectivity index (χ3n) is 3.44. The summed E-state index contributed by atoms with van der Waals surface area (Å²) in [6.07, 6.45) is 4.06. The van der Waals surface area contributed by atoms with Crippen molar-refractivity contribution >= 4 is 23.3 Å². The summed E-state index contributed by atoms with van der Waals surface area (Å²) in [5, 5.41) is 5.61. The number of hydrogen-bond acceptors (Lipinski definition) is 3. The normalized spacial score (nSPS) is 14.4. The molecule has 2 aromatic rings. The van der Waals surface area contributed by atoms with Crippen molar-refractivity contribution in [2.24, 2.45) is 0 Å². The van der Waals surface area contributed by atoms with E-state index in [-0.39, 0.29) is 11.9 Å². The number of rotatable bonds is 3. The van der Waals surface area contributed by atoms with Gasteiger partial charge in [0.2, 0.25) is 0 Å². The van der Waals surface area contributed by atoms with Gasteiger partial charge in [0.05, 0.1) is 5.56 Å². The molecule has 0 spiro atoms. The van der Waals surface area contributed by atoms with Crippen molar-refractivity contribution in [3.8, 4) is 0 Å². The van der Waals surface area contributed by atoms with Gasteiger partial charge in [-0.15, -0.1) is 0 Å². The van der Waals surface area contributed by atoms with Crippen LogP contribution < -0.4 is 15.5 Å². The third kappa shape index (κ3) is 3.06. The van der Waals surface area contributed by atoms with Crippen LogP contribution in [0, 0.1) is 0 Å². The molecule has 0 saturated carbocycles. The van der Waals surface area contributed by atoms with Gasteiger partial charge in [-0.05, 0) is 42.8 Å². The molecule has 3 rings (SSSR count). The molecule has 3 amide bonds. The Kier molecular flexibility index (Phi) is 4.00. The molecule has 1 fully saturated rings. The Hall–Kier alpha value is -2.89. The smallest absolute Gasteiger partial charge is 0.321 e. The van der Waals surface area contributed by atoms with Gasteiger partial charge in [0.15, 0.2) is 0 Å². The first-order valence-electron chi connectivity index (χ1n) is 7.11. The minimum atomic E-state index is -0.212. The summed E-state index contributed by atoms with van der Waals surface area (Å²) < 4.78 is 0. The predicted octanol–water partition coefficient (Wildman–Crippen LogP) is 2.25. The zero-order valence-corrected chi connectivity index (χ0v) is 12.0. The molecule has 0 aliphatic carbocycles. The summed E-state index contributed by atoms with van der Waals surface area (Å²) in [7, 11) is 0. The molecular formula is C16H16N4O2. The molecule has 6 nitrogen and oxygen atoms in total. The van der Waals surface area contributed by atoms with Gasteiger partial charge in [-0.3, -0.25) is 14.7 Å². The van der Waals surface area contributed by atoms with E-state index >= 15 is 0 Å². The number of nitrogens with zero attached hydrogens (tertiary/aromatic N) is 2. The van der Waals surface area contributed by atoms with Crippen LogP contribution in [0.4, 0.5) is 16.2 Å². The number of carbonyl (C=O) groups excluding carboxylic acids is 2. The average molecular weight is 296 g/mol. The highest BCUT2D eigenvalue weighted by Gasteiger charge is 2.18. The van der Waals surface area contributed by atoms with Crippen LogP contribution in [0.1, 0.15) is 16.8 Å². The fourth-order valence-corrected chi connectivity index (χ4v) is 2.30. The number of aromatic nitrogens is 1. The molecule has 2 heterocycles. The van der Waals surface area contributed by atoms with Crippen LogP contribution in [0.5, 0.6) is 0 Å². The topological polar surface area (TPSA) is 74.3 Å². The molecule has 1 aromatic carbocycles. The van der Waals surface area contributed by atoms with E-state index in [0.717, 1.165) is 12.1 Å². The number of hydrogen-bond donors (Lipinski definition) is 2. The van der Waals surface area contributed by atoms with Crippen molar-refractivity contribution < 1.29 is 9.59 Å². The van der Waals surface area contributed by atoms with Crippen molar-refractivity contribution in [1.29, 1.82) is 0 Å². The molecule has 6 heteroatoms. The van der Waals surface area contributed by atoms with Gasteiger partial charge in [0.25, 0.3) is 5.91 Å². The Labute approximate surface area is 128 Å². The lowest BCUT2D eigenvalue weighted by Gasteiger charge is -2.27. The maximum absolute atomic E-state index is 12.0. The molecular weight excluding hydrogens is 280 g/mol. The third-order valence-corrected chi connectivity index (χ3v) is 3.44. The van der Waals surface area contributed by atoms with Crippen LogP contribution in [0.2, 0.25) is 0 Å². The lowest BCUT2D eigenvalue weighted by molar-refractivity contribution is 0.102. The van der Waals surface area contributed by atoms with E-state index in [1.54, 1.807) is 35.4 Å². The minimum absolute atomic E-state index is 0.0848. The van der Waals surface area contributed by atoms with Gasteiger partial charge >= 0.3 is 6.03 Å². The Morgan fingerprint density at radius 3 is 2.73 bits per heavy atom. The molecule has 1 aliphatic rings. The summed E-state index contributed by atoms with van der Waals surface area (Å²) in [4.78, 5) is 29.4. The number of pyridine rings is 1. The van der Waals surface area contributed by atoms with Gasteiger partial charge < -0.3 is 10.6 Å². The fourth-order valence-electron chi connectivity index (χ4n) is 2.30. The summed E-state index contributed by atoms with van der Waals surface area (Å²) in [5.41, 5.74) is 1.99. The molecule has 1 saturated heterocycles. The van der Waals surface area contributed by atoms with Crippen LogP contribution in [0.25, 0.3) is 0 Å². The number of anilines is 2. The molecule has 0 radical (unpaired) electrons. The van der Waals surface area contributed by atoms with E-state index < -0.39 is 0 Å². The van der Waals surface area contributed by atoms with Crippen molar-refractivity contribution in [3.05, 3.63) is 54.4 Å². The number of benzene rings is 1. The highest BCUT2D eigenvalue weighted by Crippen LogP contribution is 2.20. The highest BCUT2D eigenvalue weighted by molar-refractivity contribution is 6.04. The second-order valence-electron chi connectivity index (χ2n) is 4.98. The van der Waals surface area contributed by atoms with Crippen molar-refractivity contribution in [2.45, 2.75) is 6.42 Å². The second kappa shape index (κ2) is 6.26. The number of carbonyl (C=O) groups is 2. The van der Waals surface area contributed by atoms with Gasteiger partial charge in [0.1, 0.15) is 0 Å². The second-order valence-corrected chi connectivity index (χ2v) is 4.98. The zero-order valence-electron chi connectivity index (χ0n) is 12.0. The first-order chi connectivity index (χ1) is 10.7. The van der Waals surface area contributed by atoms with Gasteiger partial charge in [-0.25, -0.2) is 4.79 Å². The zero-order chi connectivity index (χ0) is 15.4. The molecule has 0 bridgehead atoms. The quantitative estimate of drug-likeness (QED) is 0.912. The minimum Gasteiger partial charge on any atom is -0.338 e. The average Bonchev–Trinajstić information content (AvgIpc) is 2.57. The van der Waals surface area contributed by atoms with E-state index in [1.165, 1.54) is 6.20 Å². The van der Waals surface area contributed by atoms with E-state index in [4.69, 9.17) is 0 Å². The fraction of sp³-hybridized carbons (Fsp3) is 0.188. The lowest BCUT2D eigenvalue weighted by Crippen LogP contribution is -2.46. The van der Waals surface area contributed by atoms with Crippen molar-refractivity contribution in [3.63, 3.8) is 0 Å². The molecule has 0 unspecified atom stereocenters. The van der Waals surface area contributed by atoms with Gasteiger partial charge in [-0.2, -0.15) is 0 Å². The van der Waals surface area contributed by atoms with Crippen LogP contribution in [0.15, 0.2) is 48.8 Å². The van der Waals surface area contributed by atoms with E-state index in [2.05, 4.69) is 15.6 Å². The molecule has 2 N–H and O–H groups in total. The molecule has 0 atom stereocenters. The van der Waals surface area contributed by atoms with Crippen LogP contribution >= 0.6 is 0 Å². The largest absolute Gasteiger partial charge is 0.338 e. The van der Waals surface area contributed by atoms with E-state index in [0.29, 0.717) is 24.3 Å². The monoisotopic (exact) mass is 296 g/mol. The van der Waals surface area contributed by atoms with Crippen LogP contribution in [-0.4, -0.2) is 30.0 Å². The number of nitrogens with one attached hydrogen (secondary N) is 2. The highest BCUT2D eigenvalue weighted by atomic mass is 16.2. The van der Waals surface area contributed by atoms with Gasteiger partial charge in [-0.1, -0.05) is 0 Å². The molecule has 22 heavy (non-hydrogen) atoms. The summed E-state index contributed by atoms with van der Waals surface area (Å²) in [6.45, 7) is 1.42. The summed E-state index contributed by atoms with van der Waals surface area (Å²) in [6, 6.07) is 10.5. The van der Waals surface area contributed by atoms with E-state index in [1.807, 2.05) is 12.1 Å². The molecule has 1 aromatic heterocycles. The van der Waals surface area contributed by atoms with Gasteiger partial charge in [0, 0.05) is 36.9 Å². The van der Waals surface area contributed by atoms with Crippen LogP contribution in [0.3, 0.4) is 0 Å². The van der Waals surface area contributed by atoms with Crippen molar-refractivity contribution in [2.75, 3.05) is 23.3 Å². The first-order valence-corrected chi connectivity index (χ1v) is 7.11. The van der Waals surface area contributed by atoms with E-state index in [9.17, 15) is 9.59 Å². The number of amides is 3. The summed E-state index contributed by atoms with van der Waals surface area (Å²) >= 11 is 0. The predicted molar refractivity (Wildman–Crippen MR) is 84.0 cm³/mol. The maximum Gasteiger partial charge on any atom is 0.321 e. The standard InChI is InChI=1S/C16H16N4O2/c21-15(12-3-1-8-17-11-12)19-13-4-6-14(7-5-13)20-10-2-9-18-16(20)22/h1,3-8,11H,2,9-10H2,(H,18,22)(H,19,21). The molecule has 1 aliphatic heterocycles. The summed E-state index contributed by atoms with van der Waals surface area (Å²) in [5.74, 6) is -0.212. The lowest BCUT2D eigenvalue weighted by atomic mass is 10.2. The molecule has 112 valence electrons. The Morgan fingerprint density at radius 2 is 2.05 bits per heavy atom.